The van der Waals surface area contributed by atoms with Crippen molar-refractivity contribution in [2.75, 3.05) is 12.8 Å². The number of aliphatic hydroxyl groups is 1. The summed E-state index contributed by atoms with van der Waals surface area (Å²) in [7, 11) is -2.65. The lowest BCUT2D eigenvalue weighted by atomic mass is 9.93. The third kappa shape index (κ3) is 7.60. The van der Waals surface area contributed by atoms with Gasteiger partial charge in [-0.2, -0.15) is 0 Å². The molecule has 0 amide bonds. The van der Waals surface area contributed by atoms with Crippen LogP contribution < -0.4 is 0 Å². The van der Waals surface area contributed by atoms with E-state index in [0.29, 0.717) is 5.56 Å². The van der Waals surface area contributed by atoms with E-state index in [4.69, 9.17) is 14.6 Å². The highest BCUT2D eigenvalue weighted by atomic mass is 31.1. The highest BCUT2D eigenvalue weighted by molar-refractivity contribution is 7.39. The summed E-state index contributed by atoms with van der Waals surface area (Å²) < 4.78 is 30.9. The van der Waals surface area contributed by atoms with Crippen molar-refractivity contribution in [3.05, 3.63) is 77.7 Å². The number of hydrogen-bond acceptors (Lipinski definition) is 5. The fourth-order valence-corrected chi connectivity index (χ4v) is 4.37. The maximum Gasteiger partial charge on any atom is 0.305 e. The molecule has 0 aliphatic carbocycles. The zero-order valence-electron chi connectivity index (χ0n) is 19.5. The van der Waals surface area contributed by atoms with Gasteiger partial charge in [0.25, 0.3) is 0 Å². The molecule has 35 heavy (non-hydrogen) atoms. The van der Waals surface area contributed by atoms with E-state index in [2.05, 4.69) is 11.8 Å². The van der Waals surface area contributed by atoms with Crippen LogP contribution in [0.3, 0.4) is 0 Å². The SMILES string of the molecule is CC(C)c1nc(-c2ccccc2)cc(-c2ccc(F)cc2)c1C#CCO[PH](=O)CC(O)CC(=O)O. The molecule has 0 saturated carbocycles. The van der Waals surface area contributed by atoms with Crippen molar-refractivity contribution in [2.24, 2.45) is 0 Å². The van der Waals surface area contributed by atoms with Crippen LogP contribution in [-0.4, -0.2) is 40.0 Å². The Balaban J connectivity index is 1.95. The number of rotatable bonds is 9. The number of hydrogen-bond donors (Lipinski definition) is 2. The maximum absolute atomic E-state index is 13.6. The van der Waals surface area contributed by atoms with Gasteiger partial charge in [0.1, 0.15) is 12.4 Å². The van der Waals surface area contributed by atoms with Gasteiger partial charge in [-0.05, 0) is 29.7 Å². The molecule has 2 unspecified atom stereocenters. The number of aliphatic hydroxyl groups excluding tert-OH is 1. The van der Waals surface area contributed by atoms with Gasteiger partial charge in [0.15, 0.2) is 8.03 Å². The average molecular weight is 495 g/mol. The summed E-state index contributed by atoms with van der Waals surface area (Å²) in [5, 5.41) is 18.3. The summed E-state index contributed by atoms with van der Waals surface area (Å²) in [6.07, 6.45) is -1.98. The second-order valence-corrected chi connectivity index (χ2v) is 9.70. The molecule has 1 heterocycles. The van der Waals surface area contributed by atoms with E-state index in [1.807, 2.05) is 50.2 Å². The normalized spacial score (nSPS) is 12.6. The Labute approximate surface area is 204 Å². The van der Waals surface area contributed by atoms with Crippen molar-refractivity contribution in [3.8, 4) is 34.2 Å². The molecular formula is C27H27FNO5P. The summed E-state index contributed by atoms with van der Waals surface area (Å²) in [6, 6.07) is 17.8. The highest BCUT2D eigenvalue weighted by Crippen LogP contribution is 2.33. The van der Waals surface area contributed by atoms with E-state index in [1.165, 1.54) is 12.1 Å². The molecule has 2 N–H and O–H groups in total. The topological polar surface area (TPSA) is 96.7 Å². The minimum Gasteiger partial charge on any atom is -0.481 e. The molecule has 182 valence electrons. The Bertz CT molecular complexity index is 1250. The molecule has 0 fully saturated rings. The van der Waals surface area contributed by atoms with Gasteiger partial charge < -0.3 is 14.7 Å². The fourth-order valence-electron chi connectivity index (χ4n) is 3.49. The zero-order valence-corrected chi connectivity index (χ0v) is 20.5. The van der Waals surface area contributed by atoms with Crippen molar-refractivity contribution in [3.63, 3.8) is 0 Å². The van der Waals surface area contributed by atoms with Crippen LogP contribution in [0.2, 0.25) is 0 Å². The third-order valence-corrected chi connectivity index (χ3v) is 6.42. The summed E-state index contributed by atoms with van der Waals surface area (Å²) in [5.74, 6) is 4.47. The molecule has 0 aliphatic rings. The Hall–Kier alpha value is -3.30. The largest absolute Gasteiger partial charge is 0.481 e. The van der Waals surface area contributed by atoms with Crippen molar-refractivity contribution >= 4 is 14.0 Å². The molecule has 0 spiro atoms. The van der Waals surface area contributed by atoms with Gasteiger partial charge in [0.05, 0.1) is 29.5 Å². The number of aliphatic carboxylic acids is 1. The molecule has 6 nitrogen and oxygen atoms in total. The average Bonchev–Trinajstić information content (AvgIpc) is 2.82. The zero-order chi connectivity index (χ0) is 25.4. The first-order valence-electron chi connectivity index (χ1n) is 11.1. The number of carbonyl (C=O) groups is 1. The summed E-state index contributed by atoms with van der Waals surface area (Å²) in [5.41, 5.74) is 4.72. The standard InChI is InChI=1S/C27H27FNO5P/c1-18(2)27-23(9-6-14-34-35(33)17-22(30)15-26(31)32)24(19-10-12-21(28)13-11-19)16-25(29-27)20-7-4-3-5-8-20/h3-5,7-8,10-13,16,18,22,30,35H,14-15,17H2,1-2H3,(H,31,32). The predicted octanol–water partition coefficient (Wildman–Crippen LogP) is 5.36. The lowest BCUT2D eigenvalue weighted by molar-refractivity contribution is -0.138. The van der Waals surface area contributed by atoms with Gasteiger partial charge in [-0.15, -0.1) is 0 Å². The first-order valence-corrected chi connectivity index (χ1v) is 12.7. The van der Waals surface area contributed by atoms with Crippen LogP contribution >= 0.6 is 8.03 Å². The summed E-state index contributed by atoms with van der Waals surface area (Å²) in [4.78, 5) is 15.5. The van der Waals surface area contributed by atoms with Crippen LogP contribution in [0.15, 0.2) is 60.7 Å². The van der Waals surface area contributed by atoms with Gasteiger partial charge in [0.2, 0.25) is 0 Å². The highest BCUT2D eigenvalue weighted by Gasteiger charge is 2.17. The molecule has 1 aromatic heterocycles. The molecule has 3 aromatic rings. The van der Waals surface area contributed by atoms with Crippen molar-refractivity contribution in [1.82, 2.24) is 4.98 Å². The Morgan fingerprint density at radius 3 is 2.43 bits per heavy atom. The molecule has 2 aromatic carbocycles. The Morgan fingerprint density at radius 1 is 1.11 bits per heavy atom. The van der Waals surface area contributed by atoms with Gasteiger partial charge in [-0.3, -0.25) is 14.3 Å². The number of halogens is 1. The number of benzene rings is 2. The molecule has 8 heteroatoms. The number of carboxylic acid groups (broad SMARTS) is 1. The monoisotopic (exact) mass is 495 g/mol. The third-order valence-electron chi connectivity index (χ3n) is 5.15. The summed E-state index contributed by atoms with van der Waals surface area (Å²) in [6.45, 7) is 3.87. The van der Waals surface area contributed by atoms with Gasteiger partial charge in [-0.1, -0.05) is 68.2 Å². The molecular weight excluding hydrogens is 468 g/mol. The molecule has 0 saturated heterocycles. The maximum atomic E-state index is 13.6. The van der Waals surface area contributed by atoms with Crippen molar-refractivity contribution < 1.29 is 28.5 Å². The van der Waals surface area contributed by atoms with E-state index >= 15 is 0 Å². The molecule has 0 bridgehead atoms. The Kier molecular flexibility index (Phi) is 9.33. The molecule has 0 radical (unpaired) electrons. The van der Waals surface area contributed by atoms with Crippen molar-refractivity contribution in [1.29, 1.82) is 0 Å². The molecule has 0 aliphatic heterocycles. The van der Waals surface area contributed by atoms with Crippen LogP contribution in [-0.2, 0) is 13.9 Å². The smallest absolute Gasteiger partial charge is 0.305 e. The van der Waals surface area contributed by atoms with E-state index < -0.39 is 26.5 Å². The van der Waals surface area contributed by atoms with Crippen molar-refractivity contribution in [2.45, 2.75) is 32.3 Å². The van der Waals surface area contributed by atoms with Gasteiger partial charge in [0, 0.05) is 17.3 Å². The first kappa shape index (κ1) is 26.3. The number of carboxylic acids is 1. The van der Waals surface area contributed by atoms with Gasteiger partial charge >= 0.3 is 5.97 Å². The van der Waals surface area contributed by atoms with Crippen LogP contribution in [0.4, 0.5) is 4.39 Å². The van der Waals surface area contributed by atoms with E-state index in [1.54, 1.807) is 12.1 Å². The predicted molar refractivity (Wildman–Crippen MR) is 134 cm³/mol. The number of aromatic nitrogens is 1. The second kappa shape index (κ2) is 12.4. The van der Waals surface area contributed by atoms with Crippen LogP contribution in [0.5, 0.6) is 0 Å². The van der Waals surface area contributed by atoms with Crippen LogP contribution in [0.25, 0.3) is 22.4 Å². The number of pyridine rings is 1. The molecule has 2 atom stereocenters. The lowest BCUT2D eigenvalue weighted by Gasteiger charge is -2.16. The fraction of sp³-hybridized carbons (Fsp3) is 0.259. The quantitative estimate of drug-likeness (QED) is 0.307. The minimum absolute atomic E-state index is 0.0355. The first-order chi connectivity index (χ1) is 16.7. The van der Waals surface area contributed by atoms with E-state index in [9.17, 15) is 18.9 Å². The van der Waals surface area contributed by atoms with Gasteiger partial charge in [-0.25, -0.2) is 4.39 Å². The van der Waals surface area contributed by atoms with Crippen LogP contribution in [0, 0.1) is 17.7 Å². The second-order valence-electron chi connectivity index (χ2n) is 8.26. The minimum atomic E-state index is -2.65. The Morgan fingerprint density at radius 2 is 1.80 bits per heavy atom. The lowest BCUT2D eigenvalue weighted by Crippen LogP contribution is -2.15. The number of nitrogens with zero attached hydrogens (tertiary/aromatic N) is 1. The van der Waals surface area contributed by atoms with Crippen LogP contribution in [0.1, 0.15) is 37.4 Å². The molecule has 3 rings (SSSR count). The van der Waals surface area contributed by atoms with E-state index in [0.717, 1.165) is 28.1 Å². The van der Waals surface area contributed by atoms with E-state index in [-0.39, 0.29) is 24.5 Å². The summed E-state index contributed by atoms with van der Waals surface area (Å²) >= 11 is 0.